The lowest BCUT2D eigenvalue weighted by Crippen LogP contribution is -2.34. The molecule has 0 bridgehead atoms. The Morgan fingerprint density at radius 3 is 2.69 bits per heavy atom. The Morgan fingerprint density at radius 2 is 1.97 bits per heavy atom. The highest BCUT2D eigenvalue weighted by molar-refractivity contribution is 7.89. The maximum Gasteiger partial charge on any atom is 0.255 e. The van der Waals surface area contributed by atoms with E-state index in [0.717, 1.165) is 37.8 Å². The molecule has 2 amide bonds. The number of piperidine rings is 1. The number of hydrogen-bond donors (Lipinski definition) is 2. The lowest BCUT2D eigenvalue weighted by atomic mass is 10.1. The van der Waals surface area contributed by atoms with Crippen LogP contribution in [-0.2, 0) is 21.4 Å². The van der Waals surface area contributed by atoms with E-state index in [0.29, 0.717) is 18.7 Å². The number of anilines is 1. The van der Waals surface area contributed by atoms with Gasteiger partial charge in [0.15, 0.2) is 0 Å². The summed E-state index contributed by atoms with van der Waals surface area (Å²) in [6.07, 6.45) is 4.12. The van der Waals surface area contributed by atoms with Crippen molar-refractivity contribution >= 4 is 27.5 Å². The van der Waals surface area contributed by atoms with E-state index in [1.54, 1.807) is 6.07 Å². The molecule has 1 saturated carbocycles. The predicted octanol–water partition coefficient (Wildman–Crippen LogP) is 2.90. The fourth-order valence-electron chi connectivity index (χ4n) is 3.71. The van der Waals surface area contributed by atoms with Crippen LogP contribution < -0.4 is 14.8 Å². The molecule has 2 aromatic carbocycles. The highest BCUT2D eigenvalue weighted by Gasteiger charge is 2.30. The Labute approximate surface area is 188 Å². The van der Waals surface area contributed by atoms with E-state index in [4.69, 9.17) is 4.74 Å². The SMILES string of the molecule is COc1ccc(C(=O)Nc2cccc(CN3CCCCC3=O)c2)cc1S(=O)(=O)NC1CC1. The number of carbonyl (C=O) groups is 2. The molecule has 1 saturated heterocycles. The molecule has 0 atom stereocenters. The van der Waals surface area contributed by atoms with E-state index in [9.17, 15) is 18.0 Å². The van der Waals surface area contributed by atoms with E-state index >= 15 is 0 Å². The zero-order valence-electron chi connectivity index (χ0n) is 18.0. The fourth-order valence-corrected chi connectivity index (χ4v) is 5.21. The summed E-state index contributed by atoms with van der Waals surface area (Å²) < 4.78 is 33.2. The van der Waals surface area contributed by atoms with Crippen LogP contribution in [0.5, 0.6) is 5.75 Å². The van der Waals surface area contributed by atoms with E-state index < -0.39 is 15.9 Å². The molecule has 8 nitrogen and oxygen atoms in total. The van der Waals surface area contributed by atoms with Crippen LogP contribution in [0.4, 0.5) is 5.69 Å². The van der Waals surface area contributed by atoms with Crippen molar-refractivity contribution in [2.24, 2.45) is 0 Å². The summed E-state index contributed by atoms with van der Waals surface area (Å²) in [6, 6.07) is 11.6. The topological polar surface area (TPSA) is 105 Å². The quantitative estimate of drug-likeness (QED) is 0.634. The monoisotopic (exact) mass is 457 g/mol. The zero-order valence-corrected chi connectivity index (χ0v) is 18.8. The van der Waals surface area contributed by atoms with Crippen molar-refractivity contribution in [3.63, 3.8) is 0 Å². The fraction of sp³-hybridized carbons (Fsp3) is 0.391. The van der Waals surface area contributed by atoms with Gasteiger partial charge in [-0.3, -0.25) is 9.59 Å². The van der Waals surface area contributed by atoms with Crippen LogP contribution in [0.3, 0.4) is 0 Å². The first kappa shape index (κ1) is 22.3. The van der Waals surface area contributed by atoms with Crippen LogP contribution >= 0.6 is 0 Å². The summed E-state index contributed by atoms with van der Waals surface area (Å²) in [5.74, 6) is -0.0953. The Balaban J connectivity index is 1.50. The van der Waals surface area contributed by atoms with Crippen molar-refractivity contribution in [2.45, 2.75) is 49.6 Å². The average Bonchev–Trinajstić information content (AvgIpc) is 3.58. The number of rotatable bonds is 8. The Hall–Kier alpha value is -2.91. The van der Waals surface area contributed by atoms with E-state index in [-0.39, 0.29) is 28.2 Å². The summed E-state index contributed by atoms with van der Waals surface area (Å²) in [7, 11) is -2.40. The normalized spacial score (nSPS) is 16.7. The smallest absolute Gasteiger partial charge is 0.255 e. The average molecular weight is 458 g/mol. The van der Waals surface area contributed by atoms with Gasteiger partial charge in [-0.25, -0.2) is 13.1 Å². The van der Waals surface area contributed by atoms with E-state index in [2.05, 4.69) is 10.0 Å². The molecule has 0 aromatic heterocycles. The van der Waals surface area contributed by atoms with Crippen LogP contribution in [-0.4, -0.2) is 44.8 Å². The van der Waals surface area contributed by atoms with Crippen LogP contribution in [0, 0.1) is 0 Å². The van der Waals surface area contributed by atoms with Gasteiger partial charge in [-0.05, 0) is 61.6 Å². The van der Waals surface area contributed by atoms with Gasteiger partial charge in [0.25, 0.3) is 5.91 Å². The molecule has 2 fully saturated rings. The Bertz CT molecular complexity index is 1130. The number of nitrogens with zero attached hydrogens (tertiary/aromatic N) is 1. The summed E-state index contributed by atoms with van der Waals surface area (Å²) >= 11 is 0. The number of sulfonamides is 1. The number of likely N-dealkylation sites (tertiary alicyclic amines) is 1. The minimum atomic E-state index is -3.79. The third kappa shape index (κ3) is 5.28. The van der Waals surface area contributed by atoms with Crippen molar-refractivity contribution in [3.8, 4) is 5.75 Å². The van der Waals surface area contributed by atoms with E-state index in [1.165, 1.54) is 25.3 Å². The molecular weight excluding hydrogens is 430 g/mol. The minimum absolute atomic E-state index is 0.0584. The molecule has 2 aromatic rings. The lowest BCUT2D eigenvalue weighted by Gasteiger charge is -2.26. The summed E-state index contributed by atoms with van der Waals surface area (Å²) in [5.41, 5.74) is 1.71. The van der Waals surface area contributed by atoms with Gasteiger partial charge in [-0.1, -0.05) is 12.1 Å². The van der Waals surface area contributed by atoms with Crippen molar-refractivity contribution in [3.05, 3.63) is 53.6 Å². The largest absolute Gasteiger partial charge is 0.495 e. The summed E-state index contributed by atoms with van der Waals surface area (Å²) in [5, 5.41) is 2.82. The first-order valence-corrected chi connectivity index (χ1v) is 12.2. The number of nitrogens with one attached hydrogen (secondary N) is 2. The van der Waals surface area contributed by atoms with Gasteiger partial charge in [-0.15, -0.1) is 0 Å². The van der Waals surface area contributed by atoms with Crippen LogP contribution in [0.1, 0.15) is 48.0 Å². The molecule has 170 valence electrons. The molecular formula is C23H27N3O5S. The second-order valence-electron chi connectivity index (χ2n) is 8.19. The van der Waals surface area contributed by atoms with Gasteiger partial charge >= 0.3 is 0 Å². The molecule has 4 rings (SSSR count). The first-order chi connectivity index (χ1) is 15.4. The second kappa shape index (κ2) is 9.30. The van der Waals surface area contributed by atoms with Crippen LogP contribution in [0.25, 0.3) is 0 Å². The molecule has 1 aliphatic carbocycles. The zero-order chi connectivity index (χ0) is 22.7. The van der Waals surface area contributed by atoms with Crippen molar-refractivity contribution in [1.29, 1.82) is 0 Å². The maximum absolute atomic E-state index is 12.8. The van der Waals surface area contributed by atoms with Gasteiger partial charge in [0.05, 0.1) is 7.11 Å². The number of ether oxygens (including phenoxy) is 1. The van der Waals surface area contributed by atoms with Crippen molar-refractivity contribution in [2.75, 3.05) is 19.0 Å². The van der Waals surface area contributed by atoms with E-state index in [1.807, 2.05) is 23.1 Å². The predicted molar refractivity (Wildman–Crippen MR) is 120 cm³/mol. The van der Waals surface area contributed by atoms with Gasteiger partial charge in [0, 0.05) is 36.8 Å². The Morgan fingerprint density at radius 1 is 1.16 bits per heavy atom. The second-order valence-corrected chi connectivity index (χ2v) is 9.87. The number of methoxy groups -OCH3 is 1. The van der Waals surface area contributed by atoms with Gasteiger partial charge in [0.1, 0.15) is 10.6 Å². The molecule has 2 N–H and O–H groups in total. The van der Waals surface area contributed by atoms with Gasteiger partial charge in [-0.2, -0.15) is 0 Å². The molecule has 1 aliphatic heterocycles. The van der Waals surface area contributed by atoms with Crippen LogP contribution in [0.15, 0.2) is 47.4 Å². The molecule has 0 spiro atoms. The van der Waals surface area contributed by atoms with Crippen molar-refractivity contribution < 1.29 is 22.7 Å². The summed E-state index contributed by atoms with van der Waals surface area (Å²) in [6.45, 7) is 1.24. The highest BCUT2D eigenvalue weighted by Crippen LogP contribution is 2.28. The third-order valence-corrected chi connectivity index (χ3v) is 7.14. The molecule has 0 radical (unpaired) electrons. The van der Waals surface area contributed by atoms with Gasteiger partial charge in [0.2, 0.25) is 15.9 Å². The molecule has 1 heterocycles. The number of benzene rings is 2. The standard InChI is InChI=1S/C23H27N3O5S/c1-31-20-11-8-17(14-21(20)32(29,30)25-18-9-10-18)23(28)24-19-6-4-5-16(13-19)15-26-12-3-2-7-22(26)27/h4-6,8,11,13-14,18,25H,2-3,7,9-10,12,15H2,1H3,(H,24,28). The van der Waals surface area contributed by atoms with Crippen molar-refractivity contribution in [1.82, 2.24) is 9.62 Å². The highest BCUT2D eigenvalue weighted by atomic mass is 32.2. The molecule has 0 unspecified atom stereocenters. The first-order valence-electron chi connectivity index (χ1n) is 10.7. The maximum atomic E-state index is 12.8. The molecule has 32 heavy (non-hydrogen) atoms. The summed E-state index contributed by atoms with van der Waals surface area (Å²) in [4.78, 5) is 26.7. The number of carbonyl (C=O) groups excluding carboxylic acids is 2. The third-order valence-electron chi connectivity index (χ3n) is 5.59. The molecule has 2 aliphatic rings. The number of amides is 2. The lowest BCUT2D eigenvalue weighted by molar-refractivity contribution is -0.133. The molecule has 9 heteroatoms. The Kier molecular flexibility index (Phi) is 6.48. The number of hydrogen-bond acceptors (Lipinski definition) is 5. The van der Waals surface area contributed by atoms with Gasteiger partial charge < -0.3 is 15.0 Å². The minimum Gasteiger partial charge on any atom is -0.495 e. The van der Waals surface area contributed by atoms with Crippen LogP contribution in [0.2, 0.25) is 0 Å².